The van der Waals surface area contributed by atoms with Crippen molar-refractivity contribution in [2.45, 2.75) is 72.8 Å². The fourth-order valence-corrected chi connectivity index (χ4v) is 4.15. The van der Waals surface area contributed by atoms with Crippen molar-refractivity contribution in [2.75, 3.05) is 13.4 Å². The molecule has 0 N–H and O–H groups in total. The molecular weight excluding hydrogens is 470 g/mol. The Morgan fingerprint density at radius 1 is 0.971 bits per heavy atom. The number of nitrogens with zero attached hydrogens (tertiary/aromatic N) is 1. The molecule has 34 heavy (non-hydrogen) atoms. The van der Waals surface area contributed by atoms with Gasteiger partial charge in [0.25, 0.3) is 5.91 Å². The Labute approximate surface area is 202 Å². The van der Waals surface area contributed by atoms with Gasteiger partial charge in [0.15, 0.2) is 6.61 Å². The number of thioether (sulfide) groups is 1. The summed E-state index contributed by atoms with van der Waals surface area (Å²) in [5.41, 5.74) is -2.34. The van der Waals surface area contributed by atoms with Crippen LogP contribution in [0, 0.1) is 5.41 Å². The van der Waals surface area contributed by atoms with Crippen LogP contribution >= 0.6 is 11.8 Å². The molecule has 0 aromatic carbocycles. The lowest BCUT2D eigenvalue weighted by Gasteiger charge is -2.53. The van der Waals surface area contributed by atoms with E-state index >= 15 is 0 Å². The molecule has 2 atom stereocenters. The van der Waals surface area contributed by atoms with Crippen molar-refractivity contribution in [2.24, 2.45) is 5.41 Å². The number of hydrogen-bond acceptors (Lipinski definition) is 11. The monoisotopic (exact) mass is 501 g/mol. The predicted octanol–water partition coefficient (Wildman–Crippen LogP) is 2.07. The molecule has 0 radical (unpaired) electrons. The van der Waals surface area contributed by atoms with E-state index in [2.05, 4.69) is 0 Å². The number of carbonyl (C=O) groups excluding carboxylic acids is 6. The molecule has 0 aromatic heterocycles. The molecule has 1 saturated heterocycles. The molecule has 190 valence electrons. The third-order valence-corrected chi connectivity index (χ3v) is 5.80. The SMILES string of the molecule is CC[C@@]1(OC(C)=O)C(=O)N(C(C(=O)OCOC(=O)C(C)(C)C)=C(C)C)[C@@H]1SC(=O)COC(C)=O. The summed E-state index contributed by atoms with van der Waals surface area (Å²) in [5.74, 6) is -3.70. The van der Waals surface area contributed by atoms with Crippen LogP contribution in [-0.2, 0) is 47.7 Å². The highest BCUT2D eigenvalue weighted by Gasteiger charge is 2.65. The summed E-state index contributed by atoms with van der Waals surface area (Å²) in [6.45, 7) is 10.6. The average molecular weight is 502 g/mol. The number of ether oxygens (including phenoxy) is 4. The molecule has 1 amide bonds. The molecule has 0 spiro atoms. The number of esters is 4. The van der Waals surface area contributed by atoms with Gasteiger partial charge in [-0.25, -0.2) is 4.79 Å². The third kappa shape index (κ3) is 6.81. The zero-order valence-electron chi connectivity index (χ0n) is 20.6. The predicted molar refractivity (Wildman–Crippen MR) is 120 cm³/mol. The minimum Gasteiger partial charge on any atom is -0.457 e. The van der Waals surface area contributed by atoms with Crippen LogP contribution in [-0.4, -0.2) is 64.2 Å². The van der Waals surface area contributed by atoms with Crippen LogP contribution in [0.3, 0.4) is 0 Å². The molecular formula is C22H31NO10S. The largest absolute Gasteiger partial charge is 0.457 e. The summed E-state index contributed by atoms with van der Waals surface area (Å²) in [6.07, 6.45) is 0.0225. The second-order valence-corrected chi connectivity index (χ2v) is 9.85. The molecule has 0 unspecified atom stereocenters. The number of hydrogen-bond donors (Lipinski definition) is 0. The summed E-state index contributed by atoms with van der Waals surface area (Å²) in [4.78, 5) is 74.1. The van der Waals surface area contributed by atoms with E-state index in [1.165, 1.54) is 0 Å². The van der Waals surface area contributed by atoms with Crippen molar-refractivity contribution >= 4 is 46.7 Å². The minimum atomic E-state index is -1.71. The van der Waals surface area contributed by atoms with Crippen LogP contribution in [0.15, 0.2) is 11.3 Å². The first-order valence-corrected chi connectivity index (χ1v) is 11.3. The quantitative estimate of drug-likeness (QED) is 0.151. The normalized spacial score (nSPS) is 19.5. The fourth-order valence-electron chi connectivity index (χ4n) is 2.96. The van der Waals surface area contributed by atoms with Gasteiger partial charge in [0.05, 0.1) is 5.41 Å². The first-order valence-electron chi connectivity index (χ1n) is 10.5. The van der Waals surface area contributed by atoms with Gasteiger partial charge in [-0.05, 0) is 46.6 Å². The number of amides is 1. The van der Waals surface area contributed by atoms with Gasteiger partial charge in [0, 0.05) is 13.8 Å². The van der Waals surface area contributed by atoms with E-state index in [0.717, 1.165) is 18.7 Å². The highest BCUT2D eigenvalue weighted by Crippen LogP contribution is 2.47. The first-order chi connectivity index (χ1) is 15.6. The summed E-state index contributed by atoms with van der Waals surface area (Å²) in [5, 5.41) is -1.74. The molecule has 0 bridgehead atoms. The van der Waals surface area contributed by atoms with Gasteiger partial charge < -0.3 is 18.9 Å². The number of allylic oxidation sites excluding steroid dienone is 1. The van der Waals surface area contributed by atoms with Crippen LogP contribution in [0.25, 0.3) is 0 Å². The molecule has 12 heteroatoms. The van der Waals surface area contributed by atoms with Crippen LogP contribution in [0.4, 0.5) is 0 Å². The lowest BCUT2D eigenvalue weighted by Crippen LogP contribution is -2.74. The third-order valence-electron chi connectivity index (χ3n) is 4.60. The Hall–Kier alpha value is -2.89. The molecule has 0 aromatic rings. The standard InChI is InChI=1S/C22H31NO10S/c1-9-22(33-14(5)25)18(28)23(19(22)34-15(26)10-30-13(4)24)16(12(2)3)17(27)31-11-32-20(29)21(6,7)8/h19H,9-11H2,1-8H3/t19-,22-/m1/s1. The minimum absolute atomic E-state index is 0.0225. The van der Waals surface area contributed by atoms with E-state index in [4.69, 9.17) is 18.9 Å². The zero-order valence-corrected chi connectivity index (χ0v) is 21.5. The zero-order chi connectivity index (χ0) is 26.4. The van der Waals surface area contributed by atoms with E-state index in [1.54, 1.807) is 41.5 Å². The molecule has 1 aliphatic heterocycles. The maximum Gasteiger partial charge on any atom is 0.357 e. The number of β-lactam (4-membered cyclic amide) rings is 1. The summed E-state index contributed by atoms with van der Waals surface area (Å²) < 4.78 is 20.0. The summed E-state index contributed by atoms with van der Waals surface area (Å²) in [6, 6.07) is 0. The van der Waals surface area contributed by atoms with Crippen molar-refractivity contribution in [3.05, 3.63) is 11.3 Å². The van der Waals surface area contributed by atoms with Gasteiger partial charge in [-0.1, -0.05) is 18.7 Å². The number of rotatable bonds is 9. The van der Waals surface area contributed by atoms with Crippen molar-refractivity contribution in [3.8, 4) is 0 Å². The van der Waals surface area contributed by atoms with E-state index < -0.39 is 64.7 Å². The van der Waals surface area contributed by atoms with Gasteiger partial charge in [-0.2, -0.15) is 0 Å². The fraction of sp³-hybridized carbons (Fsp3) is 0.636. The lowest BCUT2D eigenvalue weighted by molar-refractivity contribution is -0.196. The Balaban J connectivity index is 3.20. The molecule has 11 nitrogen and oxygen atoms in total. The lowest BCUT2D eigenvalue weighted by atomic mass is 9.87. The molecule has 0 aliphatic carbocycles. The topological polar surface area (TPSA) is 143 Å². The second kappa shape index (κ2) is 11.5. The molecule has 1 aliphatic rings. The maximum absolute atomic E-state index is 13.2. The summed E-state index contributed by atoms with van der Waals surface area (Å²) in [7, 11) is 0. The number of likely N-dealkylation sites (tertiary alicyclic amines) is 1. The first kappa shape index (κ1) is 29.1. The van der Waals surface area contributed by atoms with Crippen molar-refractivity contribution in [3.63, 3.8) is 0 Å². The van der Waals surface area contributed by atoms with Crippen LogP contribution in [0.5, 0.6) is 0 Å². The van der Waals surface area contributed by atoms with E-state index in [-0.39, 0.29) is 12.1 Å². The highest BCUT2D eigenvalue weighted by atomic mass is 32.2. The van der Waals surface area contributed by atoms with Gasteiger partial charge >= 0.3 is 23.9 Å². The van der Waals surface area contributed by atoms with Crippen molar-refractivity contribution in [1.29, 1.82) is 0 Å². The van der Waals surface area contributed by atoms with Crippen molar-refractivity contribution in [1.82, 2.24) is 4.90 Å². The second-order valence-electron chi connectivity index (χ2n) is 8.71. The van der Waals surface area contributed by atoms with Gasteiger partial charge in [0.2, 0.25) is 17.5 Å². The average Bonchev–Trinajstić information content (AvgIpc) is 2.71. The Morgan fingerprint density at radius 2 is 1.56 bits per heavy atom. The highest BCUT2D eigenvalue weighted by molar-refractivity contribution is 8.14. The van der Waals surface area contributed by atoms with Crippen LogP contribution in [0.2, 0.25) is 0 Å². The smallest absolute Gasteiger partial charge is 0.357 e. The molecule has 0 saturated carbocycles. The summed E-state index contributed by atoms with van der Waals surface area (Å²) >= 11 is 0.593. The Bertz CT molecular complexity index is 900. The molecule has 1 fully saturated rings. The van der Waals surface area contributed by atoms with E-state index in [9.17, 15) is 28.8 Å². The molecule has 1 rings (SSSR count). The molecule has 1 heterocycles. The maximum atomic E-state index is 13.2. The van der Waals surface area contributed by atoms with Crippen LogP contribution < -0.4 is 0 Å². The van der Waals surface area contributed by atoms with Gasteiger partial charge in [-0.15, -0.1) is 0 Å². The van der Waals surface area contributed by atoms with Crippen molar-refractivity contribution < 1.29 is 47.7 Å². The number of carbonyl (C=O) groups is 6. The van der Waals surface area contributed by atoms with E-state index in [0.29, 0.717) is 17.3 Å². The van der Waals surface area contributed by atoms with E-state index in [1.807, 2.05) is 0 Å². The van der Waals surface area contributed by atoms with Crippen LogP contribution in [0.1, 0.15) is 61.8 Å². The Kier molecular flexibility index (Phi) is 9.85. The van der Waals surface area contributed by atoms with Gasteiger partial charge in [-0.3, -0.25) is 28.9 Å². The Morgan fingerprint density at radius 3 is 2.00 bits per heavy atom. The van der Waals surface area contributed by atoms with Gasteiger partial charge in [0.1, 0.15) is 11.1 Å².